The molecular weight excluding hydrogens is 256 g/mol. The summed E-state index contributed by atoms with van der Waals surface area (Å²) in [6, 6.07) is 8.46. The molecule has 2 N–H and O–H groups in total. The van der Waals surface area contributed by atoms with Gasteiger partial charge in [-0.25, -0.2) is 0 Å². The third kappa shape index (κ3) is 3.98. The molecule has 0 bridgehead atoms. The third-order valence-corrected chi connectivity index (χ3v) is 4.39. The minimum Gasteiger partial charge on any atom is -0.349 e. The van der Waals surface area contributed by atoms with Gasteiger partial charge in [-0.15, -0.1) is 11.8 Å². The Hall–Kier alpha value is -1.00. The molecule has 2 rings (SSSR count). The molecule has 1 aromatic carbocycles. The summed E-state index contributed by atoms with van der Waals surface area (Å²) in [5, 5.41) is 6.40. The van der Waals surface area contributed by atoms with Crippen LogP contribution in [0.25, 0.3) is 0 Å². The van der Waals surface area contributed by atoms with E-state index in [2.05, 4.69) is 41.2 Å². The van der Waals surface area contributed by atoms with Crippen LogP contribution in [0.5, 0.6) is 0 Å². The van der Waals surface area contributed by atoms with Crippen LogP contribution in [0, 0.1) is 5.92 Å². The molecule has 2 atom stereocenters. The average molecular weight is 278 g/mol. The van der Waals surface area contributed by atoms with Crippen LogP contribution in [0.15, 0.2) is 29.2 Å². The molecule has 1 aromatic rings. The van der Waals surface area contributed by atoms with E-state index in [1.807, 2.05) is 6.92 Å². The van der Waals surface area contributed by atoms with Gasteiger partial charge in [0.15, 0.2) is 0 Å². The molecule has 1 aliphatic heterocycles. The van der Waals surface area contributed by atoms with Crippen LogP contribution in [0.4, 0.5) is 0 Å². The molecule has 3 nitrogen and oxygen atoms in total. The lowest BCUT2D eigenvalue weighted by molar-refractivity contribution is -0.126. The van der Waals surface area contributed by atoms with Gasteiger partial charge in [0.05, 0.1) is 12.0 Å². The number of hydrogen-bond donors (Lipinski definition) is 2. The van der Waals surface area contributed by atoms with E-state index in [9.17, 15) is 4.79 Å². The number of rotatable bonds is 4. The van der Waals surface area contributed by atoms with Crippen LogP contribution < -0.4 is 10.6 Å². The van der Waals surface area contributed by atoms with Gasteiger partial charge in [-0.1, -0.05) is 12.1 Å². The van der Waals surface area contributed by atoms with Crippen molar-refractivity contribution in [2.24, 2.45) is 5.92 Å². The van der Waals surface area contributed by atoms with Gasteiger partial charge in [-0.2, -0.15) is 0 Å². The van der Waals surface area contributed by atoms with E-state index in [4.69, 9.17) is 0 Å². The minimum atomic E-state index is 0.0744. The first-order valence-corrected chi connectivity index (χ1v) is 8.08. The summed E-state index contributed by atoms with van der Waals surface area (Å²) in [6.07, 6.45) is 4.15. The topological polar surface area (TPSA) is 41.1 Å². The van der Waals surface area contributed by atoms with Crippen molar-refractivity contribution in [3.8, 4) is 0 Å². The van der Waals surface area contributed by atoms with E-state index in [0.717, 1.165) is 31.5 Å². The lowest BCUT2D eigenvalue weighted by atomic mass is 9.98. The van der Waals surface area contributed by atoms with Crippen LogP contribution in [0.1, 0.15) is 31.4 Å². The molecule has 1 aliphatic rings. The second-order valence-corrected chi connectivity index (χ2v) is 5.93. The molecule has 0 radical (unpaired) electrons. The number of amides is 1. The van der Waals surface area contributed by atoms with Gasteiger partial charge >= 0.3 is 0 Å². The molecule has 0 aromatic heterocycles. The predicted molar refractivity (Wildman–Crippen MR) is 80.4 cm³/mol. The molecule has 19 heavy (non-hydrogen) atoms. The Balaban J connectivity index is 1.91. The standard InChI is InChI=1S/C15H22N2OS/c1-11(12-5-7-14(19-2)8-6-12)17-15(18)13-4-3-9-16-10-13/h5-8,11,13,16H,3-4,9-10H2,1-2H3,(H,17,18). The number of piperidine rings is 1. The van der Waals surface area contributed by atoms with E-state index >= 15 is 0 Å². The van der Waals surface area contributed by atoms with Gasteiger partial charge in [0.25, 0.3) is 0 Å². The molecule has 104 valence electrons. The molecule has 1 fully saturated rings. The third-order valence-electron chi connectivity index (χ3n) is 3.64. The lowest BCUT2D eigenvalue weighted by Crippen LogP contribution is -2.41. The van der Waals surface area contributed by atoms with Crippen LogP contribution in [-0.4, -0.2) is 25.3 Å². The van der Waals surface area contributed by atoms with Crippen LogP contribution in [0.3, 0.4) is 0 Å². The van der Waals surface area contributed by atoms with Crippen molar-refractivity contribution < 1.29 is 4.79 Å². The molecule has 1 heterocycles. The van der Waals surface area contributed by atoms with Gasteiger partial charge < -0.3 is 10.6 Å². The van der Waals surface area contributed by atoms with Crippen molar-refractivity contribution >= 4 is 17.7 Å². The Morgan fingerprint density at radius 2 is 2.16 bits per heavy atom. The van der Waals surface area contributed by atoms with Crippen molar-refractivity contribution in [2.75, 3.05) is 19.3 Å². The minimum absolute atomic E-state index is 0.0744. The van der Waals surface area contributed by atoms with Crippen molar-refractivity contribution in [1.29, 1.82) is 0 Å². The summed E-state index contributed by atoms with van der Waals surface area (Å²) in [5.41, 5.74) is 1.16. The monoisotopic (exact) mass is 278 g/mol. The quantitative estimate of drug-likeness (QED) is 0.832. The van der Waals surface area contributed by atoms with E-state index in [-0.39, 0.29) is 17.9 Å². The first-order valence-electron chi connectivity index (χ1n) is 6.85. The van der Waals surface area contributed by atoms with E-state index < -0.39 is 0 Å². The Morgan fingerprint density at radius 3 is 2.74 bits per heavy atom. The van der Waals surface area contributed by atoms with E-state index in [0.29, 0.717) is 0 Å². The van der Waals surface area contributed by atoms with Crippen molar-refractivity contribution in [2.45, 2.75) is 30.7 Å². The fourth-order valence-corrected chi connectivity index (χ4v) is 2.79. The average Bonchev–Trinajstić information content (AvgIpc) is 2.48. The molecule has 0 saturated carbocycles. The SMILES string of the molecule is CSc1ccc(C(C)NC(=O)C2CCCNC2)cc1. The highest BCUT2D eigenvalue weighted by atomic mass is 32.2. The van der Waals surface area contributed by atoms with E-state index in [1.165, 1.54) is 4.90 Å². The number of carbonyl (C=O) groups excluding carboxylic acids is 1. The molecule has 0 aliphatic carbocycles. The normalized spacial score (nSPS) is 20.8. The van der Waals surface area contributed by atoms with E-state index in [1.54, 1.807) is 11.8 Å². The maximum absolute atomic E-state index is 12.1. The first-order chi connectivity index (χ1) is 9.20. The number of benzene rings is 1. The zero-order valence-electron chi connectivity index (χ0n) is 11.6. The lowest BCUT2D eigenvalue weighted by Gasteiger charge is -2.24. The Labute approximate surface area is 119 Å². The highest BCUT2D eigenvalue weighted by molar-refractivity contribution is 7.98. The number of thioether (sulfide) groups is 1. The zero-order valence-corrected chi connectivity index (χ0v) is 12.4. The summed E-state index contributed by atoms with van der Waals surface area (Å²) in [7, 11) is 0. The van der Waals surface area contributed by atoms with Crippen LogP contribution in [0.2, 0.25) is 0 Å². The predicted octanol–water partition coefficient (Wildman–Crippen LogP) is 2.59. The summed E-state index contributed by atoms with van der Waals surface area (Å²) in [5.74, 6) is 0.301. The number of nitrogens with one attached hydrogen (secondary N) is 2. The van der Waals surface area contributed by atoms with Gasteiger partial charge in [0, 0.05) is 11.4 Å². The largest absolute Gasteiger partial charge is 0.349 e. The van der Waals surface area contributed by atoms with Gasteiger partial charge in [-0.05, 0) is 50.3 Å². The van der Waals surface area contributed by atoms with Crippen LogP contribution >= 0.6 is 11.8 Å². The highest BCUT2D eigenvalue weighted by Gasteiger charge is 2.22. The molecule has 2 unspecified atom stereocenters. The van der Waals surface area contributed by atoms with Crippen molar-refractivity contribution in [1.82, 2.24) is 10.6 Å². The fraction of sp³-hybridized carbons (Fsp3) is 0.533. The molecule has 0 spiro atoms. The maximum Gasteiger partial charge on any atom is 0.224 e. The number of carbonyl (C=O) groups is 1. The molecule has 1 saturated heterocycles. The summed E-state index contributed by atoms with van der Waals surface area (Å²) in [6.45, 7) is 3.89. The smallest absolute Gasteiger partial charge is 0.224 e. The first kappa shape index (κ1) is 14.4. The second kappa shape index (κ2) is 6.96. The summed E-state index contributed by atoms with van der Waals surface area (Å²) >= 11 is 1.73. The van der Waals surface area contributed by atoms with Crippen molar-refractivity contribution in [3.05, 3.63) is 29.8 Å². The van der Waals surface area contributed by atoms with Crippen molar-refractivity contribution in [3.63, 3.8) is 0 Å². The molecule has 1 amide bonds. The zero-order chi connectivity index (χ0) is 13.7. The number of hydrogen-bond acceptors (Lipinski definition) is 3. The second-order valence-electron chi connectivity index (χ2n) is 5.05. The van der Waals surface area contributed by atoms with Gasteiger partial charge in [0.2, 0.25) is 5.91 Å². The summed E-state index contributed by atoms with van der Waals surface area (Å²) < 4.78 is 0. The Bertz CT molecular complexity index is 413. The molecule has 4 heteroatoms. The Morgan fingerprint density at radius 1 is 1.42 bits per heavy atom. The Kier molecular flexibility index (Phi) is 5.28. The van der Waals surface area contributed by atoms with Gasteiger partial charge in [-0.3, -0.25) is 4.79 Å². The highest BCUT2D eigenvalue weighted by Crippen LogP contribution is 2.19. The molecular formula is C15H22N2OS. The van der Waals surface area contributed by atoms with Gasteiger partial charge in [0.1, 0.15) is 0 Å². The maximum atomic E-state index is 12.1. The summed E-state index contributed by atoms with van der Waals surface area (Å²) in [4.78, 5) is 13.4. The fourth-order valence-electron chi connectivity index (χ4n) is 2.38. The van der Waals surface area contributed by atoms with Crippen LogP contribution in [-0.2, 0) is 4.79 Å².